The Morgan fingerprint density at radius 1 is 1.32 bits per heavy atom. The van der Waals surface area contributed by atoms with Crippen LogP contribution in [0.1, 0.15) is 12.8 Å². The van der Waals surface area contributed by atoms with Gasteiger partial charge in [0, 0.05) is 15.5 Å². The fourth-order valence-electron chi connectivity index (χ4n) is 1.63. The molecule has 2 rings (SSSR count). The summed E-state index contributed by atoms with van der Waals surface area (Å²) in [5.41, 5.74) is -0.140. The van der Waals surface area contributed by atoms with Gasteiger partial charge in [0.2, 0.25) is 0 Å². The first-order valence-electron chi connectivity index (χ1n) is 5.66. The molecule has 1 aliphatic carbocycles. The summed E-state index contributed by atoms with van der Waals surface area (Å²) in [4.78, 5) is 22.7. The van der Waals surface area contributed by atoms with Crippen LogP contribution in [0.25, 0.3) is 0 Å². The summed E-state index contributed by atoms with van der Waals surface area (Å²) >= 11 is 6.64. The fraction of sp³-hybridized carbons (Fsp3) is 0.333. The first-order chi connectivity index (χ1) is 8.93. The molecule has 0 radical (unpaired) electrons. The van der Waals surface area contributed by atoms with Crippen LogP contribution < -0.4 is 10.6 Å². The van der Waals surface area contributed by atoms with E-state index in [-0.39, 0.29) is 6.54 Å². The van der Waals surface area contributed by atoms with Gasteiger partial charge in [0.1, 0.15) is 0 Å². The predicted molar refractivity (Wildman–Crippen MR) is 78.2 cm³/mol. The minimum atomic E-state index is -0.851. The number of anilines is 1. The van der Waals surface area contributed by atoms with Crippen molar-refractivity contribution in [3.05, 3.63) is 27.1 Å². The second-order valence-electron chi connectivity index (χ2n) is 4.52. The van der Waals surface area contributed by atoms with Gasteiger partial charge in [0.05, 0.1) is 11.1 Å². The van der Waals surface area contributed by atoms with Gasteiger partial charge in [-0.3, -0.25) is 4.79 Å². The Labute approximate surface area is 127 Å². The molecule has 0 unspecified atom stereocenters. The molecule has 19 heavy (non-hydrogen) atoms. The molecule has 2 amide bonds. The van der Waals surface area contributed by atoms with E-state index in [1.807, 2.05) is 6.07 Å². The number of urea groups is 1. The van der Waals surface area contributed by atoms with Crippen molar-refractivity contribution in [3.8, 4) is 0 Å². The number of benzene rings is 1. The lowest BCUT2D eigenvalue weighted by Gasteiger charge is -2.13. The summed E-state index contributed by atoms with van der Waals surface area (Å²) in [5.74, 6) is -0.851. The lowest BCUT2D eigenvalue weighted by molar-refractivity contribution is -0.143. The number of carboxylic acid groups (broad SMARTS) is 1. The molecule has 1 aromatic rings. The lowest BCUT2D eigenvalue weighted by atomic mass is 10.1. The molecule has 1 aliphatic rings. The molecule has 0 saturated heterocycles. The first-order valence-corrected chi connectivity index (χ1v) is 7.25. The number of hydrogen-bond donors (Lipinski definition) is 3. The number of rotatable bonds is 4. The molecule has 0 aromatic heterocycles. The number of carbonyl (C=O) groups excluding carboxylic acids is 1. The Bertz CT molecular complexity index is 530. The Morgan fingerprint density at radius 3 is 2.58 bits per heavy atom. The minimum Gasteiger partial charge on any atom is -0.481 e. The van der Waals surface area contributed by atoms with Gasteiger partial charge < -0.3 is 15.7 Å². The van der Waals surface area contributed by atoms with Crippen LogP contribution in [0.4, 0.5) is 10.5 Å². The van der Waals surface area contributed by atoms with Crippen LogP contribution >= 0.6 is 31.9 Å². The van der Waals surface area contributed by atoms with Crippen LogP contribution in [0.2, 0.25) is 0 Å². The predicted octanol–water partition coefficient (Wildman–Crippen LogP) is 3.20. The summed E-state index contributed by atoms with van der Waals surface area (Å²) in [7, 11) is 0. The van der Waals surface area contributed by atoms with Gasteiger partial charge in [-0.25, -0.2) is 4.79 Å². The SMILES string of the molecule is O=C(NCC1(C(=O)O)CC1)Nc1cc(Br)ccc1Br. The summed E-state index contributed by atoms with van der Waals surface area (Å²) in [5, 5.41) is 14.3. The largest absolute Gasteiger partial charge is 0.481 e. The van der Waals surface area contributed by atoms with Crippen LogP contribution in [-0.2, 0) is 4.79 Å². The van der Waals surface area contributed by atoms with Gasteiger partial charge in [-0.2, -0.15) is 0 Å². The molecule has 0 heterocycles. The highest BCUT2D eigenvalue weighted by Crippen LogP contribution is 2.45. The van der Waals surface area contributed by atoms with Gasteiger partial charge in [-0.15, -0.1) is 0 Å². The third-order valence-corrected chi connectivity index (χ3v) is 4.26. The number of halogens is 2. The van der Waals surface area contributed by atoms with Gasteiger partial charge in [-0.05, 0) is 47.0 Å². The van der Waals surface area contributed by atoms with Crippen molar-refractivity contribution in [3.63, 3.8) is 0 Å². The van der Waals surface area contributed by atoms with Crippen molar-refractivity contribution in [2.45, 2.75) is 12.8 Å². The topological polar surface area (TPSA) is 78.4 Å². The van der Waals surface area contributed by atoms with E-state index < -0.39 is 17.4 Å². The maximum absolute atomic E-state index is 11.7. The van der Waals surface area contributed by atoms with Crippen LogP contribution in [0, 0.1) is 5.41 Å². The zero-order chi connectivity index (χ0) is 14.0. The summed E-state index contributed by atoms with van der Waals surface area (Å²) in [6, 6.07) is 5.00. The van der Waals surface area contributed by atoms with Crippen molar-refractivity contribution in [2.75, 3.05) is 11.9 Å². The van der Waals surface area contributed by atoms with E-state index >= 15 is 0 Å². The highest BCUT2D eigenvalue weighted by atomic mass is 79.9. The molecule has 3 N–H and O–H groups in total. The Hall–Kier alpha value is -1.08. The Kier molecular flexibility index (Phi) is 4.15. The highest BCUT2D eigenvalue weighted by Gasteiger charge is 2.50. The van der Waals surface area contributed by atoms with Crippen molar-refractivity contribution in [1.29, 1.82) is 0 Å². The molecular weight excluding hydrogens is 380 g/mol. The molecule has 1 fully saturated rings. The van der Waals surface area contributed by atoms with Crippen molar-refractivity contribution in [2.24, 2.45) is 5.41 Å². The molecule has 1 saturated carbocycles. The normalized spacial score (nSPS) is 15.7. The van der Waals surface area contributed by atoms with Crippen molar-refractivity contribution < 1.29 is 14.7 Å². The number of nitrogens with one attached hydrogen (secondary N) is 2. The quantitative estimate of drug-likeness (QED) is 0.737. The van der Waals surface area contributed by atoms with Crippen LogP contribution in [0.15, 0.2) is 27.1 Å². The highest BCUT2D eigenvalue weighted by molar-refractivity contribution is 9.11. The zero-order valence-electron chi connectivity index (χ0n) is 9.87. The molecule has 0 bridgehead atoms. The van der Waals surface area contributed by atoms with E-state index in [4.69, 9.17) is 5.11 Å². The van der Waals surface area contributed by atoms with E-state index in [1.165, 1.54) is 0 Å². The van der Waals surface area contributed by atoms with Crippen molar-refractivity contribution >= 4 is 49.5 Å². The van der Waals surface area contributed by atoms with Crippen LogP contribution in [0.5, 0.6) is 0 Å². The molecule has 1 aromatic carbocycles. The van der Waals surface area contributed by atoms with E-state index in [0.29, 0.717) is 18.5 Å². The molecule has 0 aliphatic heterocycles. The van der Waals surface area contributed by atoms with E-state index in [1.54, 1.807) is 12.1 Å². The third-order valence-electron chi connectivity index (χ3n) is 3.07. The van der Waals surface area contributed by atoms with Gasteiger partial charge in [0.15, 0.2) is 0 Å². The van der Waals surface area contributed by atoms with E-state index in [2.05, 4.69) is 42.5 Å². The lowest BCUT2D eigenvalue weighted by Crippen LogP contribution is -2.36. The number of aliphatic carboxylic acids is 1. The Balaban J connectivity index is 1.91. The number of carbonyl (C=O) groups is 2. The second-order valence-corrected chi connectivity index (χ2v) is 6.29. The minimum absolute atomic E-state index is 0.153. The monoisotopic (exact) mass is 390 g/mol. The number of carboxylic acids is 1. The maximum atomic E-state index is 11.7. The fourth-order valence-corrected chi connectivity index (χ4v) is 2.33. The molecule has 0 spiro atoms. The maximum Gasteiger partial charge on any atom is 0.319 e. The average molecular weight is 392 g/mol. The molecule has 7 heteroatoms. The van der Waals surface area contributed by atoms with E-state index in [0.717, 1.165) is 8.95 Å². The van der Waals surface area contributed by atoms with Crippen LogP contribution in [0.3, 0.4) is 0 Å². The zero-order valence-corrected chi connectivity index (χ0v) is 13.0. The summed E-state index contributed by atoms with van der Waals surface area (Å²) in [6.45, 7) is 0.153. The van der Waals surface area contributed by atoms with Gasteiger partial charge in [0.25, 0.3) is 0 Å². The average Bonchev–Trinajstić information content (AvgIpc) is 3.12. The molecule has 5 nitrogen and oxygen atoms in total. The number of amides is 2. The first kappa shape index (κ1) is 14.3. The standard InChI is InChI=1S/C12H12Br2N2O3/c13-7-1-2-8(14)9(5-7)16-11(19)15-6-12(3-4-12)10(17)18/h1-2,5H,3-4,6H2,(H,17,18)(H2,15,16,19). The third kappa shape index (κ3) is 3.48. The number of hydrogen-bond acceptors (Lipinski definition) is 2. The molecule has 0 atom stereocenters. The van der Waals surface area contributed by atoms with Gasteiger partial charge >= 0.3 is 12.0 Å². The Morgan fingerprint density at radius 2 is 2.00 bits per heavy atom. The second kappa shape index (κ2) is 5.50. The molecular formula is C12H12Br2N2O3. The smallest absolute Gasteiger partial charge is 0.319 e. The van der Waals surface area contributed by atoms with E-state index in [9.17, 15) is 9.59 Å². The van der Waals surface area contributed by atoms with Crippen LogP contribution in [-0.4, -0.2) is 23.7 Å². The summed E-state index contributed by atoms with van der Waals surface area (Å²) in [6.07, 6.45) is 1.23. The molecule has 102 valence electrons. The van der Waals surface area contributed by atoms with Gasteiger partial charge in [-0.1, -0.05) is 15.9 Å². The summed E-state index contributed by atoms with van der Waals surface area (Å²) < 4.78 is 1.60. The van der Waals surface area contributed by atoms with Crippen molar-refractivity contribution in [1.82, 2.24) is 5.32 Å².